The largest absolute Gasteiger partial charge is 0.393 e. The molecule has 2 unspecified atom stereocenters. The van der Waals surface area contributed by atoms with Crippen molar-refractivity contribution in [2.75, 3.05) is 6.61 Å². The van der Waals surface area contributed by atoms with Crippen LogP contribution in [0.25, 0.3) is 0 Å². The van der Waals surface area contributed by atoms with E-state index < -0.39 is 0 Å². The molecule has 1 fully saturated rings. The van der Waals surface area contributed by atoms with Gasteiger partial charge in [-0.1, -0.05) is 0 Å². The zero-order valence-corrected chi connectivity index (χ0v) is 9.30. The Morgan fingerprint density at radius 2 is 2.57 bits per heavy atom. The molecule has 0 amide bonds. The summed E-state index contributed by atoms with van der Waals surface area (Å²) >= 11 is 1.64. The Balaban J connectivity index is 2.09. The molecule has 1 aliphatic heterocycles. The average Bonchev–Trinajstić information content (AvgIpc) is 2.73. The van der Waals surface area contributed by atoms with Crippen molar-refractivity contribution in [3.8, 4) is 0 Å². The van der Waals surface area contributed by atoms with Crippen LogP contribution in [0.2, 0.25) is 0 Å². The smallest absolute Gasteiger partial charge is 0.122 e. The maximum absolute atomic E-state index is 9.15. The van der Waals surface area contributed by atoms with Crippen molar-refractivity contribution < 1.29 is 9.84 Å². The third-order valence-electron chi connectivity index (χ3n) is 2.61. The van der Waals surface area contributed by atoms with Gasteiger partial charge in [-0.2, -0.15) is 0 Å². The lowest BCUT2D eigenvalue weighted by atomic mass is 10.0. The molecule has 0 aromatic carbocycles. The van der Waals surface area contributed by atoms with Crippen LogP contribution in [0, 0.1) is 6.92 Å². The van der Waals surface area contributed by atoms with Crippen molar-refractivity contribution in [2.24, 2.45) is 0 Å². The molecule has 0 saturated carbocycles. The van der Waals surface area contributed by atoms with Gasteiger partial charge in [-0.15, -0.1) is 11.3 Å². The predicted molar refractivity (Wildman–Crippen MR) is 55.4 cm³/mol. The third kappa shape index (κ3) is 1.82. The van der Waals surface area contributed by atoms with E-state index in [1.165, 1.54) is 0 Å². The summed E-state index contributed by atoms with van der Waals surface area (Å²) < 4.78 is 5.80. The third-order valence-corrected chi connectivity index (χ3v) is 3.66. The summed E-state index contributed by atoms with van der Waals surface area (Å²) in [6, 6.07) is 0. The van der Waals surface area contributed by atoms with Gasteiger partial charge in [0.2, 0.25) is 0 Å². The first kappa shape index (κ1) is 10.1. The highest BCUT2D eigenvalue weighted by Crippen LogP contribution is 2.39. The molecule has 2 rings (SSSR count). The molecule has 0 spiro atoms. The van der Waals surface area contributed by atoms with Crippen molar-refractivity contribution in [3.63, 3.8) is 0 Å². The fourth-order valence-electron chi connectivity index (χ4n) is 1.71. The van der Waals surface area contributed by atoms with E-state index in [0.717, 1.165) is 23.5 Å². The van der Waals surface area contributed by atoms with E-state index >= 15 is 0 Å². The molecule has 1 aliphatic rings. The number of hydrogen-bond donors (Lipinski definition) is 1. The van der Waals surface area contributed by atoms with Crippen LogP contribution in [0.1, 0.15) is 36.6 Å². The highest BCUT2D eigenvalue weighted by Gasteiger charge is 2.37. The summed E-state index contributed by atoms with van der Waals surface area (Å²) in [7, 11) is 0. The Labute approximate surface area is 87.7 Å². The number of hydrogen-bond acceptors (Lipinski definition) is 4. The molecule has 3 nitrogen and oxygen atoms in total. The second-order valence-corrected chi connectivity index (χ2v) is 4.97. The van der Waals surface area contributed by atoms with Crippen LogP contribution >= 0.6 is 11.3 Å². The van der Waals surface area contributed by atoms with Crippen LogP contribution < -0.4 is 0 Å². The fourth-order valence-corrected chi connectivity index (χ4v) is 2.57. The van der Waals surface area contributed by atoms with E-state index in [-0.39, 0.29) is 18.3 Å². The van der Waals surface area contributed by atoms with E-state index in [2.05, 4.69) is 4.98 Å². The molecule has 0 bridgehead atoms. The lowest BCUT2D eigenvalue weighted by Crippen LogP contribution is -2.27. The maximum atomic E-state index is 9.15. The van der Waals surface area contributed by atoms with Crippen LogP contribution in [-0.2, 0) is 4.74 Å². The first-order valence-electron chi connectivity index (χ1n) is 4.84. The predicted octanol–water partition coefficient (Wildman–Crippen LogP) is 2.05. The maximum Gasteiger partial charge on any atom is 0.122 e. The van der Waals surface area contributed by atoms with Crippen molar-refractivity contribution in [1.29, 1.82) is 0 Å². The molecule has 0 radical (unpaired) electrons. The minimum absolute atomic E-state index is 0.0887. The number of aliphatic hydroxyl groups excluding tert-OH is 1. The molecule has 0 aliphatic carbocycles. The van der Waals surface area contributed by atoms with Gasteiger partial charge < -0.3 is 9.84 Å². The van der Waals surface area contributed by atoms with Crippen LogP contribution in [-0.4, -0.2) is 22.3 Å². The number of nitrogens with zero attached hydrogens (tertiary/aromatic N) is 1. The number of ether oxygens (including phenoxy) is 1. The molecule has 1 saturated heterocycles. The fraction of sp³-hybridized carbons (Fsp3) is 0.700. The van der Waals surface area contributed by atoms with Crippen LogP contribution in [0.4, 0.5) is 0 Å². The standard InChI is InChI=1S/C10H15NO2S/c1-7-5-14-9(11-7)8-3-4-10(2,6-12)13-8/h5,8,12H,3-4,6H2,1-2H3. The highest BCUT2D eigenvalue weighted by molar-refractivity contribution is 7.09. The summed E-state index contributed by atoms with van der Waals surface area (Å²) in [5.41, 5.74) is 0.691. The van der Waals surface area contributed by atoms with E-state index in [9.17, 15) is 0 Å². The van der Waals surface area contributed by atoms with Crippen molar-refractivity contribution in [2.45, 2.75) is 38.4 Å². The van der Waals surface area contributed by atoms with Gasteiger partial charge in [-0.3, -0.25) is 0 Å². The second kappa shape index (κ2) is 3.61. The lowest BCUT2D eigenvalue weighted by molar-refractivity contribution is -0.0618. The molecule has 1 N–H and O–H groups in total. The second-order valence-electron chi connectivity index (χ2n) is 4.08. The Bertz CT molecular complexity index is 326. The van der Waals surface area contributed by atoms with Crippen molar-refractivity contribution in [1.82, 2.24) is 4.98 Å². The molecule has 2 atom stereocenters. The summed E-state index contributed by atoms with van der Waals surface area (Å²) in [6.45, 7) is 4.03. The van der Waals surface area contributed by atoms with E-state index in [4.69, 9.17) is 9.84 Å². The quantitative estimate of drug-likeness (QED) is 0.817. The molecular weight excluding hydrogens is 198 g/mol. The minimum Gasteiger partial charge on any atom is -0.393 e. The summed E-state index contributed by atoms with van der Waals surface area (Å²) in [6.07, 6.45) is 1.96. The van der Waals surface area contributed by atoms with Crippen LogP contribution in [0.15, 0.2) is 5.38 Å². The minimum atomic E-state index is -0.357. The Hall–Kier alpha value is -0.450. The van der Waals surface area contributed by atoms with E-state index in [1.807, 2.05) is 19.2 Å². The number of aryl methyl sites for hydroxylation is 1. The van der Waals surface area contributed by atoms with Gasteiger partial charge in [-0.05, 0) is 26.7 Å². The van der Waals surface area contributed by atoms with Gasteiger partial charge in [0, 0.05) is 11.1 Å². The number of aromatic nitrogens is 1. The van der Waals surface area contributed by atoms with E-state index in [0.29, 0.717) is 0 Å². The molecular formula is C10H15NO2S. The number of thiazole rings is 1. The van der Waals surface area contributed by atoms with Crippen molar-refractivity contribution >= 4 is 11.3 Å². The van der Waals surface area contributed by atoms with Gasteiger partial charge in [-0.25, -0.2) is 4.98 Å². The highest BCUT2D eigenvalue weighted by atomic mass is 32.1. The SMILES string of the molecule is Cc1csc(C2CCC(C)(CO)O2)n1. The van der Waals surface area contributed by atoms with E-state index in [1.54, 1.807) is 11.3 Å². The Morgan fingerprint density at radius 1 is 1.79 bits per heavy atom. The van der Waals surface area contributed by atoms with Crippen LogP contribution in [0.3, 0.4) is 0 Å². The Kier molecular flexibility index (Phi) is 2.60. The lowest BCUT2D eigenvalue weighted by Gasteiger charge is -2.21. The molecule has 4 heteroatoms. The first-order valence-corrected chi connectivity index (χ1v) is 5.72. The molecule has 1 aromatic heterocycles. The van der Waals surface area contributed by atoms with Crippen LogP contribution in [0.5, 0.6) is 0 Å². The zero-order chi connectivity index (χ0) is 10.2. The van der Waals surface area contributed by atoms with Gasteiger partial charge in [0.1, 0.15) is 11.1 Å². The molecule has 2 heterocycles. The topological polar surface area (TPSA) is 42.4 Å². The van der Waals surface area contributed by atoms with Gasteiger partial charge in [0.05, 0.1) is 12.2 Å². The van der Waals surface area contributed by atoms with Gasteiger partial charge >= 0.3 is 0 Å². The molecule has 78 valence electrons. The molecule has 14 heavy (non-hydrogen) atoms. The average molecular weight is 213 g/mol. The Morgan fingerprint density at radius 3 is 3.07 bits per heavy atom. The normalized spacial score (nSPS) is 32.4. The van der Waals surface area contributed by atoms with Crippen molar-refractivity contribution in [3.05, 3.63) is 16.1 Å². The number of aliphatic hydroxyl groups is 1. The zero-order valence-electron chi connectivity index (χ0n) is 8.49. The summed E-state index contributed by atoms with van der Waals surface area (Å²) in [4.78, 5) is 4.40. The summed E-state index contributed by atoms with van der Waals surface area (Å²) in [5.74, 6) is 0. The first-order chi connectivity index (χ1) is 6.63. The van der Waals surface area contributed by atoms with Gasteiger partial charge in [0.15, 0.2) is 0 Å². The monoisotopic (exact) mass is 213 g/mol. The molecule has 1 aromatic rings. The van der Waals surface area contributed by atoms with Gasteiger partial charge in [0.25, 0.3) is 0 Å². The summed E-state index contributed by atoms with van der Waals surface area (Å²) in [5, 5.41) is 12.2. The number of rotatable bonds is 2.